The largest absolute Gasteiger partial charge is 0.340 e. The van der Waals surface area contributed by atoms with Gasteiger partial charge in [0.25, 0.3) is 0 Å². The number of nitrogens with zero attached hydrogens (tertiary/aromatic N) is 1. The normalized spacial score (nSPS) is 25.9. The number of hydrogen-bond acceptors (Lipinski definition) is 2. The smallest absolute Gasteiger partial charge is 0.227 e. The predicted molar refractivity (Wildman–Crippen MR) is 71.9 cm³/mol. The van der Waals surface area contributed by atoms with E-state index in [0.717, 1.165) is 38.9 Å². The fourth-order valence-corrected chi connectivity index (χ4v) is 2.45. The third kappa shape index (κ3) is 3.70. The molecule has 0 aliphatic carbocycles. The lowest BCUT2D eigenvalue weighted by Crippen LogP contribution is -2.44. The molecule has 1 fully saturated rings. The van der Waals surface area contributed by atoms with Crippen molar-refractivity contribution in [3.05, 3.63) is 0 Å². The van der Waals surface area contributed by atoms with Crippen LogP contribution in [0.4, 0.5) is 0 Å². The van der Waals surface area contributed by atoms with Gasteiger partial charge in [-0.3, -0.25) is 4.79 Å². The van der Waals surface area contributed by atoms with Crippen LogP contribution in [0, 0.1) is 11.8 Å². The number of unbranched alkanes of at least 4 members (excludes halogenated alkanes) is 1. The molecule has 1 aliphatic heterocycles. The summed E-state index contributed by atoms with van der Waals surface area (Å²) in [5.41, 5.74) is 0. The first kappa shape index (κ1) is 14.5. The molecule has 1 amide bonds. The molecule has 0 radical (unpaired) electrons. The van der Waals surface area contributed by atoms with Gasteiger partial charge in [-0.1, -0.05) is 27.2 Å². The summed E-state index contributed by atoms with van der Waals surface area (Å²) in [6.45, 7) is 11.5. The number of rotatable bonds is 6. The van der Waals surface area contributed by atoms with Gasteiger partial charge in [0.05, 0.1) is 5.92 Å². The molecule has 0 aromatic heterocycles. The standard InChI is InChI=1S/C14H28N2O/c1-5-7-8-16(12(4)6-2)14(17)13-10-15-9-11(13)3/h11-13,15H,5-10H2,1-4H3. The van der Waals surface area contributed by atoms with E-state index in [2.05, 4.69) is 37.9 Å². The molecule has 3 nitrogen and oxygen atoms in total. The fourth-order valence-electron chi connectivity index (χ4n) is 2.45. The molecular weight excluding hydrogens is 212 g/mol. The zero-order chi connectivity index (χ0) is 12.8. The Hall–Kier alpha value is -0.570. The molecule has 1 rings (SSSR count). The molecule has 1 aliphatic rings. The fraction of sp³-hybridized carbons (Fsp3) is 0.929. The molecule has 3 unspecified atom stereocenters. The molecule has 0 aromatic rings. The molecule has 1 saturated heterocycles. The highest BCUT2D eigenvalue weighted by atomic mass is 16.2. The Morgan fingerprint density at radius 1 is 1.41 bits per heavy atom. The van der Waals surface area contributed by atoms with E-state index in [4.69, 9.17) is 0 Å². The lowest BCUT2D eigenvalue weighted by atomic mass is 9.95. The van der Waals surface area contributed by atoms with Crippen LogP contribution in [0.25, 0.3) is 0 Å². The summed E-state index contributed by atoms with van der Waals surface area (Å²) in [6.07, 6.45) is 3.31. The first-order chi connectivity index (χ1) is 8.11. The first-order valence-corrected chi connectivity index (χ1v) is 7.12. The zero-order valence-corrected chi connectivity index (χ0v) is 11.8. The van der Waals surface area contributed by atoms with Crippen LogP contribution in [0.1, 0.15) is 47.0 Å². The molecule has 3 atom stereocenters. The van der Waals surface area contributed by atoms with Crippen molar-refractivity contribution in [1.82, 2.24) is 10.2 Å². The lowest BCUT2D eigenvalue weighted by Gasteiger charge is -2.32. The topological polar surface area (TPSA) is 32.3 Å². The summed E-state index contributed by atoms with van der Waals surface area (Å²) in [4.78, 5) is 14.7. The predicted octanol–water partition coefficient (Wildman–Crippen LogP) is 2.27. The maximum absolute atomic E-state index is 12.5. The Kier molecular flexibility index (Phi) is 5.96. The van der Waals surface area contributed by atoms with Crippen molar-refractivity contribution in [2.45, 2.75) is 53.0 Å². The molecule has 0 bridgehead atoms. The third-order valence-corrected chi connectivity index (χ3v) is 3.99. The van der Waals surface area contributed by atoms with Crippen molar-refractivity contribution in [2.75, 3.05) is 19.6 Å². The highest BCUT2D eigenvalue weighted by Gasteiger charge is 2.33. The Balaban J connectivity index is 2.64. The molecule has 0 spiro atoms. The van der Waals surface area contributed by atoms with Crippen molar-refractivity contribution in [2.24, 2.45) is 11.8 Å². The number of carbonyl (C=O) groups excluding carboxylic acids is 1. The van der Waals surface area contributed by atoms with Gasteiger partial charge >= 0.3 is 0 Å². The summed E-state index contributed by atoms with van der Waals surface area (Å²) in [5, 5.41) is 3.32. The first-order valence-electron chi connectivity index (χ1n) is 7.12. The van der Waals surface area contributed by atoms with Gasteiger partial charge in [-0.2, -0.15) is 0 Å². The van der Waals surface area contributed by atoms with Gasteiger partial charge in [0.2, 0.25) is 5.91 Å². The van der Waals surface area contributed by atoms with Crippen LogP contribution in [-0.4, -0.2) is 36.5 Å². The van der Waals surface area contributed by atoms with Crippen molar-refractivity contribution >= 4 is 5.91 Å². The third-order valence-electron chi connectivity index (χ3n) is 3.99. The van der Waals surface area contributed by atoms with Crippen LogP contribution in [-0.2, 0) is 4.79 Å². The molecule has 0 saturated carbocycles. The highest BCUT2D eigenvalue weighted by molar-refractivity contribution is 5.80. The summed E-state index contributed by atoms with van der Waals surface area (Å²) in [6, 6.07) is 0.377. The van der Waals surface area contributed by atoms with Gasteiger partial charge in [-0.15, -0.1) is 0 Å². The van der Waals surface area contributed by atoms with Crippen LogP contribution >= 0.6 is 0 Å². The van der Waals surface area contributed by atoms with Crippen LogP contribution < -0.4 is 5.32 Å². The summed E-state index contributed by atoms with van der Waals surface area (Å²) in [5.74, 6) is 1.04. The Labute approximate surface area is 106 Å². The molecule has 1 heterocycles. The summed E-state index contributed by atoms with van der Waals surface area (Å²) >= 11 is 0. The second kappa shape index (κ2) is 7.00. The molecule has 3 heteroatoms. The van der Waals surface area contributed by atoms with Gasteiger partial charge in [0.15, 0.2) is 0 Å². The monoisotopic (exact) mass is 240 g/mol. The van der Waals surface area contributed by atoms with Gasteiger partial charge in [0, 0.05) is 19.1 Å². The maximum Gasteiger partial charge on any atom is 0.227 e. The van der Waals surface area contributed by atoms with Crippen LogP contribution in [0.15, 0.2) is 0 Å². The van der Waals surface area contributed by atoms with E-state index in [1.807, 2.05) is 0 Å². The summed E-state index contributed by atoms with van der Waals surface area (Å²) in [7, 11) is 0. The lowest BCUT2D eigenvalue weighted by molar-refractivity contribution is -0.138. The maximum atomic E-state index is 12.5. The van der Waals surface area contributed by atoms with Crippen LogP contribution in [0.3, 0.4) is 0 Å². The van der Waals surface area contributed by atoms with E-state index in [-0.39, 0.29) is 5.92 Å². The van der Waals surface area contributed by atoms with Crippen molar-refractivity contribution in [3.63, 3.8) is 0 Å². The quantitative estimate of drug-likeness (QED) is 0.772. The van der Waals surface area contributed by atoms with Gasteiger partial charge in [0.1, 0.15) is 0 Å². The average molecular weight is 240 g/mol. The molecule has 0 aromatic carbocycles. The minimum Gasteiger partial charge on any atom is -0.340 e. The Bertz CT molecular complexity index is 242. The minimum atomic E-state index is 0.195. The van der Waals surface area contributed by atoms with Crippen molar-refractivity contribution < 1.29 is 4.79 Å². The minimum absolute atomic E-state index is 0.195. The van der Waals surface area contributed by atoms with E-state index in [0.29, 0.717) is 17.9 Å². The molecular formula is C14H28N2O. The number of hydrogen-bond donors (Lipinski definition) is 1. The van der Waals surface area contributed by atoms with E-state index >= 15 is 0 Å². The second-order valence-corrected chi connectivity index (χ2v) is 5.38. The van der Waals surface area contributed by atoms with Crippen LogP contribution in [0.5, 0.6) is 0 Å². The SMILES string of the molecule is CCCCN(C(=O)C1CNCC1C)C(C)CC. The molecule has 17 heavy (non-hydrogen) atoms. The van der Waals surface area contributed by atoms with Crippen molar-refractivity contribution in [3.8, 4) is 0 Å². The number of carbonyl (C=O) groups is 1. The Morgan fingerprint density at radius 2 is 2.12 bits per heavy atom. The van der Waals surface area contributed by atoms with E-state index in [1.165, 1.54) is 0 Å². The summed E-state index contributed by atoms with van der Waals surface area (Å²) < 4.78 is 0. The van der Waals surface area contributed by atoms with Crippen molar-refractivity contribution in [1.29, 1.82) is 0 Å². The second-order valence-electron chi connectivity index (χ2n) is 5.38. The highest BCUT2D eigenvalue weighted by Crippen LogP contribution is 2.21. The van der Waals surface area contributed by atoms with Gasteiger partial charge in [-0.25, -0.2) is 0 Å². The average Bonchev–Trinajstić information content (AvgIpc) is 2.75. The van der Waals surface area contributed by atoms with E-state index in [9.17, 15) is 4.79 Å². The number of nitrogens with one attached hydrogen (secondary N) is 1. The Morgan fingerprint density at radius 3 is 2.59 bits per heavy atom. The number of amides is 1. The van der Waals surface area contributed by atoms with E-state index < -0.39 is 0 Å². The van der Waals surface area contributed by atoms with Gasteiger partial charge in [-0.05, 0) is 32.2 Å². The van der Waals surface area contributed by atoms with Gasteiger partial charge < -0.3 is 10.2 Å². The van der Waals surface area contributed by atoms with Crippen LogP contribution in [0.2, 0.25) is 0 Å². The zero-order valence-electron chi connectivity index (χ0n) is 11.8. The molecule has 1 N–H and O–H groups in total. The van der Waals surface area contributed by atoms with E-state index in [1.54, 1.807) is 0 Å². The molecule has 100 valence electrons.